The molecule has 23 heavy (non-hydrogen) atoms. The summed E-state index contributed by atoms with van der Waals surface area (Å²) in [6.07, 6.45) is 5.14. The number of rotatable bonds is 5. The van der Waals surface area contributed by atoms with Crippen molar-refractivity contribution in [1.29, 1.82) is 5.41 Å². The van der Waals surface area contributed by atoms with Gasteiger partial charge in [0, 0.05) is 23.2 Å². The average molecular weight is 315 g/mol. The fraction of sp³-hybridized carbons (Fsp3) is 0.176. The molecule has 1 aromatic rings. The number of primary amides is 1. The normalized spacial score (nSPS) is 17.7. The molecule has 6 N–H and O–H groups in total. The van der Waals surface area contributed by atoms with Crippen LogP contribution in [0.4, 0.5) is 4.39 Å². The number of aliphatic hydroxyl groups excluding tert-OH is 1. The van der Waals surface area contributed by atoms with Gasteiger partial charge in [-0.15, -0.1) is 0 Å². The van der Waals surface area contributed by atoms with Gasteiger partial charge in [-0.1, -0.05) is 24.3 Å². The van der Waals surface area contributed by atoms with Crippen LogP contribution in [0.5, 0.6) is 0 Å². The third kappa shape index (κ3) is 3.92. The van der Waals surface area contributed by atoms with Crippen LogP contribution in [0.3, 0.4) is 0 Å². The van der Waals surface area contributed by atoms with E-state index in [-0.39, 0.29) is 30.0 Å². The van der Waals surface area contributed by atoms with Gasteiger partial charge in [-0.25, -0.2) is 4.39 Å². The van der Waals surface area contributed by atoms with E-state index in [1.54, 1.807) is 18.2 Å². The van der Waals surface area contributed by atoms with Gasteiger partial charge in [0.25, 0.3) is 0 Å². The zero-order valence-electron chi connectivity index (χ0n) is 12.4. The molecule has 1 aliphatic rings. The van der Waals surface area contributed by atoms with Crippen molar-refractivity contribution < 1.29 is 14.3 Å². The maximum atomic E-state index is 13.0. The second-order valence-corrected chi connectivity index (χ2v) is 5.19. The van der Waals surface area contributed by atoms with E-state index in [2.05, 4.69) is 0 Å². The Labute approximate surface area is 133 Å². The number of nitrogens with two attached hydrogens (primary N) is 2. The highest BCUT2D eigenvalue weighted by molar-refractivity contribution is 6.12. The van der Waals surface area contributed by atoms with Gasteiger partial charge in [-0.3, -0.25) is 4.79 Å². The fourth-order valence-electron chi connectivity index (χ4n) is 2.26. The van der Waals surface area contributed by atoms with Crippen LogP contribution in [-0.4, -0.2) is 22.9 Å². The molecule has 1 amide bonds. The van der Waals surface area contributed by atoms with Crippen molar-refractivity contribution in [1.82, 2.24) is 0 Å². The zero-order valence-corrected chi connectivity index (χ0v) is 12.4. The van der Waals surface area contributed by atoms with Crippen LogP contribution in [0.15, 0.2) is 48.1 Å². The Morgan fingerprint density at radius 1 is 1.39 bits per heavy atom. The van der Waals surface area contributed by atoms with Crippen molar-refractivity contribution in [2.45, 2.75) is 19.2 Å². The number of allylic oxidation sites excluding steroid dienone is 5. The number of hydrogen-bond acceptors (Lipinski definition) is 4. The molecule has 0 saturated heterocycles. The largest absolute Gasteiger partial charge is 0.398 e. The van der Waals surface area contributed by atoms with Gasteiger partial charge in [0.2, 0.25) is 5.91 Å². The van der Waals surface area contributed by atoms with Crippen LogP contribution in [0.2, 0.25) is 0 Å². The maximum absolute atomic E-state index is 13.0. The molecule has 0 fully saturated rings. The monoisotopic (exact) mass is 315 g/mol. The molecule has 120 valence electrons. The molecule has 1 aliphatic carbocycles. The Morgan fingerprint density at radius 2 is 2.13 bits per heavy atom. The molecule has 6 heteroatoms. The highest BCUT2D eigenvalue weighted by Gasteiger charge is 2.13. The van der Waals surface area contributed by atoms with Gasteiger partial charge in [-0.2, -0.15) is 0 Å². The number of carbonyl (C=O) groups is 1. The second-order valence-electron chi connectivity index (χ2n) is 5.19. The Morgan fingerprint density at radius 3 is 2.70 bits per heavy atom. The Hall–Kier alpha value is -2.73. The van der Waals surface area contributed by atoms with Crippen LogP contribution >= 0.6 is 0 Å². The van der Waals surface area contributed by atoms with E-state index in [0.717, 1.165) is 0 Å². The maximum Gasteiger partial charge on any atom is 0.249 e. The molecule has 0 spiro atoms. The summed E-state index contributed by atoms with van der Waals surface area (Å²) in [5.41, 5.74) is 13.3. The van der Waals surface area contributed by atoms with Gasteiger partial charge < -0.3 is 22.0 Å². The van der Waals surface area contributed by atoms with Crippen molar-refractivity contribution in [3.63, 3.8) is 0 Å². The van der Waals surface area contributed by atoms with Crippen molar-refractivity contribution in [3.05, 3.63) is 64.8 Å². The van der Waals surface area contributed by atoms with E-state index in [0.29, 0.717) is 16.7 Å². The van der Waals surface area contributed by atoms with E-state index >= 15 is 0 Å². The van der Waals surface area contributed by atoms with E-state index in [4.69, 9.17) is 22.0 Å². The zero-order chi connectivity index (χ0) is 17.0. The number of halogens is 1. The van der Waals surface area contributed by atoms with Gasteiger partial charge in [0.05, 0.1) is 12.3 Å². The van der Waals surface area contributed by atoms with Gasteiger partial charge in [0.15, 0.2) is 0 Å². The first-order chi connectivity index (χ1) is 10.9. The van der Waals surface area contributed by atoms with Crippen molar-refractivity contribution in [2.24, 2.45) is 11.5 Å². The SMILES string of the molecule is N=C(C=C(N)c1ccc(CO)cc1C(N)=O)C1=CCC(F)C=C1. The summed E-state index contributed by atoms with van der Waals surface area (Å²) in [5, 5.41) is 17.2. The van der Waals surface area contributed by atoms with E-state index in [1.165, 1.54) is 24.3 Å². The summed E-state index contributed by atoms with van der Waals surface area (Å²) in [4.78, 5) is 11.6. The van der Waals surface area contributed by atoms with Crippen LogP contribution in [0.1, 0.15) is 27.9 Å². The fourth-order valence-corrected chi connectivity index (χ4v) is 2.26. The third-order valence-electron chi connectivity index (χ3n) is 3.50. The highest BCUT2D eigenvalue weighted by atomic mass is 19.1. The number of benzene rings is 1. The van der Waals surface area contributed by atoms with Crippen molar-refractivity contribution >= 4 is 17.3 Å². The second kappa shape index (κ2) is 7.02. The Bertz CT molecular complexity index is 735. The molecule has 1 aromatic carbocycles. The summed E-state index contributed by atoms with van der Waals surface area (Å²) in [5.74, 6) is -0.671. The lowest BCUT2D eigenvalue weighted by Gasteiger charge is -2.11. The minimum absolute atomic E-state index is 0.118. The van der Waals surface area contributed by atoms with Gasteiger partial charge in [0.1, 0.15) is 6.17 Å². The Kier molecular flexibility index (Phi) is 5.08. The molecule has 0 radical (unpaired) electrons. The quantitative estimate of drug-likeness (QED) is 0.621. The molecular weight excluding hydrogens is 297 g/mol. The van der Waals surface area contributed by atoms with Crippen LogP contribution in [-0.2, 0) is 6.61 Å². The van der Waals surface area contributed by atoms with E-state index in [1.807, 2.05) is 0 Å². The smallest absolute Gasteiger partial charge is 0.249 e. The first-order valence-corrected chi connectivity index (χ1v) is 7.05. The number of carbonyl (C=O) groups excluding carboxylic acids is 1. The van der Waals surface area contributed by atoms with Crippen LogP contribution in [0, 0.1) is 5.41 Å². The predicted octanol–water partition coefficient (Wildman–Crippen LogP) is 1.82. The summed E-state index contributed by atoms with van der Waals surface area (Å²) in [6.45, 7) is -0.220. The summed E-state index contributed by atoms with van der Waals surface area (Å²) in [7, 11) is 0. The van der Waals surface area contributed by atoms with E-state index < -0.39 is 12.1 Å². The molecular formula is C17H18FN3O2. The summed E-state index contributed by atoms with van der Waals surface area (Å²) >= 11 is 0. The van der Waals surface area contributed by atoms with Crippen molar-refractivity contribution in [3.8, 4) is 0 Å². The van der Waals surface area contributed by atoms with Crippen LogP contribution in [0.25, 0.3) is 5.70 Å². The first-order valence-electron chi connectivity index (χ1n) is 7.05. The summed E-state index contributed by atoms with van der Waals surface area (Å²) < 4.78 is 13.0. The average Bonchev–Trinajstić information content (AvgIpc) is 2.54. The lowest BCUT2D eigenvalue weighted by molar-refractivity contribution is 0.1000. The van der Waals surface area contributed by atoms with Gasteiger partial charge >= 0.3 is 0 Å². The number of nitrogens with one attached hydrogen (secondary N) is 1. The summed E-state index contributed by atoms with van der Waals surface area (Å²) in [6, 6.07) is 4.67. The number of alkyl halides is 1. The number of aliphatic hydroxyl groups is 1. The highest BCUT2D eigenvalue weighted by Crippen LogP contribution is 2.20. The lowest BCUT2D eigenvalue weighted by Crippen LogP contribution is -2.16. The number of amides is 1. The topological polar surface area (TPSA) is 113 Å². The molecule has 0 aliphatic heterocycles. The molecule has 0 saturated carbocycles. The van der Waals surface area contributed by atoms with Crippen LogP contribution < -0.4 is 11.5 Å². The molecule has 1 atom stereocenters. The first kappa shape index (κ1) is 16.6. The minimum Gasteiger partial charge on any atom is -0.398 e. The molecule has 0 bridgehead atoms. The molecule has 0 aromatic heterocycles. The minimum atomic E-state index is -1.03. The molecule has 1 unspecified atom stereocenters. The Balaban J connectivity index is 2.33. The molecule has 5 nitrogen and oxygen atoms in total. The third-order valence-corrected chi connectivity index (χ3v) is 3.50. The standard InChI is InChI=1S/C17H18FN3O2/c18-12-4-2-11(3-5-12)15(19)8-16(20)13-6-1-10(9-22)7-14(13)17(21)23/h1-4,6-8,12,19,22H,5,9,20H2,(H2,21,23). The van der Waals surface area contributed by atoms with Gasteiger partial charge in [-0.05, 0) is 29.4 Å². The molecule has 2 rings (SSSR count). The predicted molar refractivity (Wildman–Crippen MR) is 87.5 cm³/mol. The van der Waals surface area contributed by atoms with Crippen molar-refractivity contribution in [2.75, 3.05) is 0 Å². The lowest BCUT2D eigenvalue weighted by atomic mass is 9.97. The number of hydrogen-bond donors (Lipinski definition) is 4. The van der Waals surface area contributed by atoms with E-state index in [9.17, 15) is 9.18 Å². The molecule has 0 heterocycles.